The van der Waals surface area contributed by atoms with Gasteiger partial charge in [0.1, 0.15) is 0 Å². The third-order valence-corrected chi connectivity index (χ3v) is 3.56. The van der Waals surface area contributed by atoms with Crippen molar-refractivity contribution in [3.63, 3.8) is 0 Å². The second-order valence-electron chi connectivity index (χ2n) is 4.85. The fraction of sp³-hybridized carbons (Fsp3) is 0.923. The molecule has 4 heteroatoms. The molecule has 2 atom stereocenters. The lowest BCUT2D eigenvalue weighted by atomic mass is 9.90. The van der Waals surface area contributed by atoms with Gasteiger partial charge < -0.3 is 15.3 Å². The lowest BCUT2D eigenvalue weighted by molar-refractivity contribution is -0.135. The Kier molecular flexibility index (Phi) is 6.52. The Labute approximate surface area is 104 Å². The van der Waals surface area contributed by atoms with E-state index >= 15 is 0 Å². The molecule has 0 spiro atoms. The summed E-state index contributed by atoms with van der Waals surface area (Å²) < 4.78 is 0. The molecule has 0 aliphatic carbocycles. The van der Waals surface area contributed by atoms with E-state index in [1.807, 2.05) is 0 Å². The fourth-order valence-electron chi connectivity index (χ4n) is 2.50. The maximum absolute atomic E-state index is 12.3. The van der Waals surface area contributed by atoms with Gasteiger partial charge in [-0.2, -0.15) is 0 Å². The van der Waals surface area contributed by atoms with Crippen molar-refractivity contribution in [2.24, 2.45) is 5.92 Å². The number of carbonyl (C=O) groups excluding carboxylic acids is 1. The van der Waals surface area contributed by atoms with Crippen molar-refractivity contribution in [1.29, 1.82) is 0 Å². The van der Waals surface area contributed by atoms with Crippen molar-refractivity contribution < 1.29 is 9.90 Å². The molecule has 1 aliphatic heterocycles. The lowest BCUT2D eigenvalue weighted by Crippen LogP contribution is -2.51. The van der Waals surface area contributed by atoms with Gasteiger partial charge in [0, 0.05) is 13.1 Å². The van der Waals surface area contributed by atoms with Crippen molar-refractivity contribution in [2.45, 2.75) is 45.6 Å². The second kappa shape index (κ2) is 7.67. The standard InChI is InChI=1S/C13H26N2O2/c1-3-7-15(8-9-16)13(17)12-10-11(4-2)5-6-14-12/h11-12,14,16H,3-10H2,1-2H3. The summed E-state index contributed by atoms with van der Waals surface area (Å²) in [7, 11) is 0. The fourth-order valence-corrected chi connectivity index (χ4v) is 2.50. The molecule has 0 bridgehead atoms. The molecule has 0 radical (unpaired) electrons. The molecule has 17 heavy (non-hydrogen) atoms. The van der Waals surface area contributed by atoms with Crippen LogP contribution in [0.4, 0.5) is 0 Å². The summed E-state index contributed by atoms with van der Waals surface area (Å²) in [5.74, 6) is 0.835. The third kappa shape index (κ3) is 4.28. The van der Waals surface area contributed by atoms with Crippen molar-refractivity contribution in [3.8, 4) is 0 Å². The highest BCUT2D eigenvalue weighted by Crippen LogP contribution is 2.20. The van der Waals surface area contributed by atoms with Crippen LogP contribution in [0.2, 0.25) is 0 Å². The van der Waals surface area contributed by atoms with Gasteiger partial charge in [0.2, 0.25) is 5.91 Å². The van der Waals surface area contributed by atoms with Crippen LogP contribution in [-0.4, -0.2) is 48.2 Å². The molecular formula is C13H26N2O2. The molecule has 0 saturated carbocycles. The van der Waals surface area contributed by atoms with Crippen LogP contribution in [0.1, 0.15) is 39.5 Å². The number of aliphatic hydroxyl groups is 1. The Morgan fingerprint density at radius 3 is 2.76 bits per heavy atom. The van der Waals surface area contributed by atoms with Crippen LogP contribution in [0, 0.1) is 5.92 Å². The van der Waals surface area contributed by atoms with Crippen LogP contribution < -0.4 is 5.32 Å². The molecule has 1 amide bonds. The zero-order valence-electron chi connectivity index (χ0n) is 11.1. The maximum Gasteiger partial charge on any atom is 0.239 e. The van der Waals surface area contributed by atoms with Gasteiger partial charge in [-0.15, -0.1) is 0 Å². The summed E-state index contributed by atoms with van der Waals surface area (Å²) in [6, 6.07) is -0.0354. The maximum atomic E-state index is 12.3. The summed E-state index contributed by atoms with van der Waals surface area (Å²) in [5, 5.41) is 12.3. The summed E-state index contributed by atoms with van der Waals surface area (Å²) in [5.41, 5.74) is 0. The smallest absolute Gasteiger partial charge is 0.239 e. The SMILES string of the molecule is CCCN(CCO)C(=O)C1CC(CC)CCN1. The van der Waals surface area contributed by atoms with Crippen molar-refractivity contribution in [2.75, 3.05) is 26.2 Å². The van der Waals surface area contributed by atoms with Gasteiger partial charge in [0.05, 0.1) is 12.6 Å². The number of aliphatic hydroxyl groups excluding tert-OH is 1. The first-order valence-corrected chi connectivity index (χ1v) is 6.85. The van der Waals surface area contributed by atoms with E-state index in [1.54, 1.807) is 4.90 Å². The number of hydrogen-bond acceptors (Lipinski definition) is 3. The van der Waals surface area contributed by atoms with Crippen molar-refractivity contribution >= 4 is 5.91 Å². The molecule has 1 rings (SSSR count). The van der Waals surface area contributed by atoms with Gasteiger partial charge in [0.15, 0.2) is 0 Å². The van der Waals surface area contributed by atoms with Crippen LogP contribution in [0.3, 0.4) is 0 Å². The van der Waals surface area contributed by atoms with Crippen LogP contribution in [-0.2, 0) is 4.79 Å². The summed E-state index contributed by atoms with van der Waals surface area (Å²) in [4.78, 5) is 14.1. The number of carbonyl (C=O) groups is 1. The molecular weight excluding hydrogens is 216 g/mol. The summed E-state index contributed by atoms with van der Waals surface area (Å²) in [6.07, 6.45) is 4.21. The summed E-state index contributed by atoms with van der Waals surface area (Å²) in [6.45, 7) is 6.44. The van der Waals surface area contributed by atoms with Crippen LogP contribution in [0.5, 0.6) is 0 Å². The minimum absolute atomic E-state index is 0.0354. The zero-order valence-corrected chi connectivity index (χ0v) is 11.1. The molecule has 1 aliphatic rings. The molecule has 2 unspecified atom stereocenters. The average Bonchev–Trinajstić information content (AvgIpc) is 2.38. The van der Waals surface area contributed by atoms with Gasteiger partial charge in [-0.1, -0.05) is 20.3 Å². The molecule has 2 N–H and O–H groups in total. The van der Waals surface area contributed by atoms with Crippen LogP contribution in [0.25, 0.3) is 0 Å². The first kappa shape index (κ1) is 14.5. The minimum Gasteiger partial charge on any atom is -0.395 e. The molecule has 100 valence electrons. The Morgan fingerprint density at radius 1 is 1.41 bits per heavy atom. The van der Waals surface area contributed by atoms with E-state index in [0.29, 0.717) is 12.5 Å². The van der Waals surface area contributed by atoms with E-state index in [-0.39, 0.29) is 18.6 Å². The molecule has 1 saturated heterocycles. The Bertz CT molecular complexity index is 227. The number of rotatable bonds is 6. The van der Waals surface area contributed by atoms with Crippen molar-refractivity contribution in [3.05, 3.63) is 0 Å². The number of nitrogens with one attached hydrogen (secondary N) is 1. The first-order chi connectivity index (χ1) is 8.22. The monoisotopic (exact) mass is 242 g/mol. The minimum atomic E-state index is -0.0354. The quantitative estimate of drug-likeness (QED) is 0.730. The zero-order chi connectivity index (χ0) is 12.7. The van der Waals surface area contributed by atoms with E-state index in [9.17, 15) is 4.79 Å². The van der Waals surface area contributed by atoms with Gasteiger partial charge >= 0.3 is 0 Å². The Morgan fingerprint density at radius 2 is 2.18 bits per heavy atom. The van der Waals surface area contributed by atoms with Gasteiger partial charge in [-0.05, 0) is 31.7 Å². The highest BCUT2D eigenvalue weighted by atomic mass is 16.3. The molecule has 1 heterocycles. The van der Waals surface area contributed by atoms with Crippen molar-refractivity contribution in [1.82, 2.24) is 10.2 Å². The molecule has 0 aromatic rings. The Balaban J connectivity index is 2.53. The predicted molar refractivity (Wildman–Crippen MR) is 68.8 cm³/mol. The average molecular weight is 242 g/mol. The van der Waals surface area contributed by atoms with E-state index in [4.69, 9.17) is 5.11 Å². The van der Waals surface area contributed by atoms with Gasteiger partial charge in [-0.25, -0.2) is 0 Å². The normalized spacial score (nSPS) is 24.6. The molecule has 0 aromatic carbocycles. The van der Waals surface area contributed by atoms with Gasteiger partial charge in [0.25, 0.3) is 0 Å². The number of nitrogens with zero attached hydrogens (tertiary/aromatic N) is 1. The summed E-state index contributed by atoms with van der Waals surface area (Å²) >= 11 is 0. The predicted octanol–water partition coefficient (Wildman–Crippen LogP) is 0.995. The van der Waals surface area contributed by atoms with Crippen LogP contribution >= 0.6 is 0 Å². The Hall–Kier alpha value is -0.610. The number of amides is 1. The van der Waals surface area contributed by atoms with Crippen LogP contribution in [0.15, 0.2) is 0 Å². The van der Waals surface area contributed by atoms with Gasteiger partial charge in [-0.3, -0.25) is 4.79 Å². The molecule has 0 aromatic heterocycles. The van der Waals surface area contributed by atoms with E-state index < -0.39 is 0 Å². The molecule has 4 nitrogen and oxygen atoms in total. The largest absolute Gasteiger partial charge is 0.395 e. The van der Waals surface area contributed by atoms with E-state index in [0.717, 1.165) is 32.4 Å². The second-order valence-corrected chi connectivity index (χ2v) is 4.85. The highest BCUT2D eigenvalue weighted by molar-refractivity contribution is 5.82. The van der Waals surface area contributed by atoms with E-state index in [1.165, 1.54) is 6.42 Å². The number of piperidine rings is 1. The first-order valence-electron chi connectivity index (χ1n) is 6.85. The molecule has 1 fully saturated rings. The highest BCUT2D eigenvalue weighted by Gasteiger charge is 2.28. The lowest BCUT2D eigenvalue weighted by Gasteiger charge is -2.33. The third-order valence-electron chi connectivity index (χ3n) is 3.56. The van der Waals surface area contributed by atoms with E-state index in [2.05, 4.69) is 19.2 Å². The number of hydrogen-bond donors (Lipinski definition) is 2. The topological polar surface area (TPSA) is 52.6 Å².